The fraction of sp³-hybridized carbons (Fsp3) is 0. The summed E-state index contributed by atoms with van der Waals surface area (Å²) in [7, 11) is 0. The van der Waals surface area contributed by atoms with Crippen LogP contribution in [0.5, 0.6) is 0 Å². The van der Waals surface area contributed by atoms with E-state index in [0.717, 1.165) is 27.6 Å². The third-order valence-electron chi connectivity index (χ3n) is 4.62. The number of hydrogen-bond acceptors (Lipinski definition) is 3. The van der Waals surface area contributed by atoms with Crippen molar-refractivity contribution in [3.63, 3.8) is 0 Å². The molecule has 0 saturated heterocycles. The summed E-state index contributed by atoms with van der Waals surface area (Å²) in [5, 5.41) is 1.09. The number of aromatic amines is 1. The van der Waals surface area contributed by atoms with E-state index in [4.69, 9.17) is 0 Å². The molecule has 2 heterocycles. The Hall–Kier alpha value is -3.79. The molecular weight excluding hydrogens is 334 g/mol. The minimum atomic E-state index is -0.00233. The maximum Gasteiger partial charge on any atom is 0.193 e. The first-order valence-corrected chi connectivity index (χ1v) is 8.74. The first-order valence-electron chi connectivity index (χ1n) is 8.74. The molecule has 2 aromatic heterocycles. The van der Waals surface area contributed by atoms with Crippen molar-refractivity contribution in [2.45, 2.75) is 0 Å². The fourth-order valence-corrected chi connectivity index (χ4v) is 3.23. The van der Waals surface area contributed by atoms with Crippen molar-refractivity contribution < 1.29 is 4.79 Å². The molecular formula is C23H15N3O. The molecule has 0 aliphatic carbocycles. The van der Waals surface area contributed by atoms with E-state index in [1.165, 1.54) is 0 Å². The van der Waals surface area contributed by atoms with Crippen LogP contribution in [0.2, 0.25) is 0 Å². The first kappa shape index (κ1) is 15.5. The average Bonchev–Trinajstić information content (AvgIpc) is 3.17. The van der Waals surface area contributed by atoms with Crippen LogP contribution in [0.25, 0.3) is 33.5 Å². The smallest absolute Gasteiger partial charge is 0.193 e. The van der Waals surface area contributed by atoms with Crippen LogP contribution >= 0.6 is 0 Å². The minimum Gasteiger partial charge on any atom is -0.337 e. The first-order chi connectivity index (χ1) is 13.3. The van der Waals surface area contributed by atoms with Gasteiger partial charge in [-0.1, -0.05) is 54.6 Å². The van der Waals surface area contributed by atoms with Crippen molar-refractivity contribution in [2.24, 2.45) is 0 Å². The summed E-state index contributed by atoms with van der Waals surface area (Å²) in [5.41, 5.74) is 4.64. The van der Waals surface area contributed by atoms with E-state index in [1.807, 2.05) is 84.9 Å². The number of carbonyl (C=O) groups is 1. The Labute approximate surface area is 155 Å². The second kappa shape index (κ2) is 6.18. The lowest BCUT2D eigenvalue weighted by molar-refractivity contribution is 0.103. The summed E-state index contributed by atoms with van der Waals surface area (Å²) in [6.45, 7) is 0. The van der Waals surface area contributed by atoms with Gasteiger partial charge < -0.3 is 4.98 Å². The van der Waals surface area contributed by atoms with Crippen molar-refractivity contribution in [3.05, 3.63) is 96.1 Å². The predicted molar refractivity (Wildman–Crippen MR) is 107 cm³/mol. The van der Waals surface area contributed by atoms with E-state index < -0.39 is 0 Å². The zero-order valence-corrected chi connectivity index (χ0v) is 14.4. The number of aromatic nitrogens is 3. The zero-order valence-electron chi connectivity index (χ0n) is 14.4. The van der Waals surface area contributed by atoms with Crippen LogP contribution in [0.4, 0.5) is 0 Å². The molecule has 0 unspecified atom stereocenters. The van der Waals surface area contributed by atoms with Gasteiger partial charge in [0.1, 0.15) is 5.69 Å². The Balaban J connectivity index is 1.56. The molecule has 0 fully saturated rings. The number of imidazole rings is 1. The van der Waals surface area contributed by atoms with Crippen LogP contribution < -0.4 is 0 Å². The molecule has 0 spiro atoms. The fourth-order valence-electron chi connectivity index (χ4n) is 3.23. The summed E-state index contributed by atoms with van der Waals surface area (Å²) in [6, 6.07) is 26.8. The van der Waals surface area contributed by atoms with Crippen LogP contribution in [0, 0.1) is 0 Å². The number of fused-ring (bicyclic) bond motifs is 2. The van der Waals surface area contributed by atoms with Gasteiger partial charge in [0.05, 0.1) is 16.6 Å². The standard InChI is InChI=1S/C23H15N3O/c27-22(16-7-2-1-3-8-16)17-11-12-19-21(14-17)26-23(25-19)20-13-10-15-6-4-5-9-18(15)24-20/h1-14H,(H,25,26). The number of rotatable bonds is 3. The number of para-hydroxylation sites is 1. The molecule has 0 aliphatic heterocycles. The van der Waals surface area contributed by atoms with Crippen LogP contribution in [0.1, 0.15) is 15.9 Å². The molecule has 5 rings (SSSR count). The number of nitrogens with zero attached hydrogens (tertiary/aromatic N) is 2. The van der Waals surface area contributed by atoms with Gasteiger partial charge in [-0.25, -0.2) is 9.97 Å². The molecule has 3 aromatic carbocycles. The highest BCUT2D eigenvalue weighted by atomic mass is 16.1. The molecule has 5 aromatic rings. The molecule has 0 atom stereocenters. The molecule has 4 heteroatoms. The summed E-state index contributed by atoms with van der Waals surface area (Å²) in [5.74, 6) is 0.692. The molecule has 0 aliphatic rings. The second-order valence-electron chi connectivity index (χ2n) is 6.40. The summed E-state index contributed by atoms with van der Waals surface area (Å²) in [4.78, 5) is 25.3. The van der Waals surface area contributed by atoms with Gasteiger partial charge in [-0.2, -0.15) is 0 Å². The summed E-state index contributed by atoms with van der Waals surface area (Å²) >= 11 is 0. The van der Waals surface area contributed by atoms with Crippen molar-refractivity contribution in [1.82, 2.24) is 15.0 Å². The molecule has 4 nitrogen and oxygen atoms in total. The van der Waals surface area contributed by atoms with Crippen LogP contribution in [0.3, 0.4) is 0 Å². The maximum absolute atomic E-state index is 12.7. The normalized spacial score (nSPS) is 11.1. The molecule has 0 bridgehead atoms. The van der Waals surface area contributed by atoms with E-state index in [-0.39, 0.29) is 5.78 Å². The highest BCUT2D eigenvalue weighted by molar-refractivity contribution is 6.10. The molecule has 1 N–H and O–H groups in total. The van der Waals surface area contributed by atoms with E-state index in [2.05, 4.69) is 15.0 Å². The third kappa shape index (κ3) is 2.77. The van der Waals surface area contributed by atoms with E-state index in [9.17, 15) is 4.79 Å². The number of pyridine rings is 1. The topological polar surface area (TPSA) is 58.6 Å². The Kier molecular flexibility index (Phi) is 3.54. The lowest BCUT2D eigenvalue weighted by Gasteiger charge is -2.00. The van der Waals surface area contributed by atoms with Gasteiger partial charge in [0.15, 0.2) is 11.6 Å². The van der Waals surface area contributed by atoms with Crippen molar-refractivity contribution in [1.29, 1.82) is 0 Å². The van der Waals surface area contributed by atoms with Gasteiger partial charge in [-0.15, -0.1) is 0 Å². The lowest BCUT2D eigenvalue weighted by atomic mass is 10.0. The second-order valence-corrected chi connectivity index (χ2v) is 6.40. The van der Waals surface area contributed by atoms with Crippen molar-refractivity contribution >= 4 is 27.7 Å². The quantitative estimate of drug-likeness (QED) is 0.466. The number of nitrogens with one attached hydrogen (secondary N) is 1. The monoisotopic (exact) mass is 349 g/mol. The average molecular weight is 349 g/mol. The van der Waals surface area contributed by atoms with Crippen molar-refractivity contribution in [3.8, 4) is 11.5 Å². The Bertz CT molecular complexity index is 1290. The number of carbonyl (C=O) groups excluding carboxylic acids is 1. The minimum absolute atomic E-state index is 0.00233. The van der Waals surface area contributed by atoms with Gasteiger partial charge in [0.2, 0.25) is 0 Å². The van der Waals surface area contributed by atoms with E-state index in [0.29, 0.717) is 17.0 Å². The number of benzene rings is 3. The maximum atomic E-state index is 12.7. The highest BCUT2D eigenvalue weighted by Gasteiger charge is 2.12. The Morgan fingerprint density at radius 3 is 2.41 bits per heavy atom. The van der Waals surface area contributed by atoms with Crippen LogP contribution in [0.15, 0.2) is 84.9 Å². The summed E-state index contributed by atoms with van der Waals surface area (Å²) < 4.78 is 0. The van der Waals surface area contributed by atoms with Crippen LogP contribution in [-0.4, -0.2) is 20.7 Å². The predicted octanol–water partition coefficient (Wildman–Crippen LogP) is 5.01. The van der Waals surface area contributed by atoms with Crippen LogP contribution in [-0.2, 0) is 0 Å². The van der Waals surface area contributed by atoms with Crippen molar-refractivity contribution in [2.75, 3.05) is 0 Å². The SMILES string of the molecule is O=C(c1ccccc1)c1ccc2nc(-c3ccc4ccccc4n3)[nH]c2c1. The molecule has 0 saturated carbocycles. The summed E-state index contributed by atoms with van der Waals surface area (Å²) in [6.07, 6.45) is 0. The van der Waals surface area contributed by atoms with Gasteiger partial charge in [0, 0.05) is 16.5 Å². The number of hydrogen-bond donors (Lipinski definition) is 1. The highest BCUT2D eigenvalue weighted by Crippen LogP contribution is 2.23. The zero-order chi connectivity index (χ0) is 18.2. The largest absolute Gasteiger partial charge is 0.337 e. The van der Waals surface area contributed by atoms with E-state index >= 15 is 0 Å². The van der Waals surface area contributed by atoms with Gasteiger partial charge >= 0.3 is 0 Å². The van der Waals surface area contributed by atoms with Gasteiger partial charge in [0.25, 0.3) is 0 Å². The number of ketones is 1. The Morgan fingerprint density at radius 1 is 0.704 bits per heavy atom. The van der Waals surface area contributed by atoms with Gasteiger partial charge in [-0.05, 0) is 30.3 Å². The molecule has 27 heavy (non-hydrogen) atoms. The van der Waals surface area contributed by atoms with E-state index in [1.54, 1.807) is 0 Å². The lowest BCUT2D eigenvalue weighted by Crippen LogP contribution is -2.00. The number of H-pyrrole nitrogens is 1. The molecule has 0 radical (unpaired) electrons. The molecule has 0 amide bonds. The van der Waals surface area contributed by atoms with Gasteiger partial charge in [-0.3, -0.25) is 4.79 Å². The third-order valence-corrected chi connectivity index (χ3v) is 4.62. The molecule has 128 valence electrons. The Morgan fingerprint density at radius 2 is 1.52 bits per heavy atom.